The lowest BCUT2D eigenvalue weighted by Crippen LogP contribution is -2.19. The van der Waals surface area contributed by atoms with E-state index in [4.69, 9.17) is 5.14 Å². The van der Waals surface area contributed by atoms with Gasteiger partial charge in [0.1, 0.15) is 4.90 Å². The van der Waals surface area contributed by atoms with Gasteiger partial charge < -0.3 is 5.32 Å². The number of sulfone groups is 1. The van der Waals surface area contributed by atoms with Gasteiger partial charge in [-0.25, -0.2) is 22.0 Å². The molecular weight excluding hydrogens is 288 g/mol. The molecule has 1 saturated heterocycles. The van der Waals surface area contributed by atoms with Gasteiger partial charge in [-0.3, -0.25) is 0 Å². The molecule has 0 aliphatic carbocycles. The van der Waals surface area contributed by atoms with Crippen LogP contribution in [0.4, 0.5) is 5.69 Å². The van der Waals surface area contributed by atoms with E-state index in [1.807, 2.05) is 0 Å². The number of anilines is 1. The summed E-state index contributed by atoms with van der Waals surface area (Å²) < 4.78 is 45.5. The van der Waals surface area contributed by atoms with E-state index in [1.54, 1.807) is 18.2 Å². The summed E-state index contributed by atoms with van der Waals surface area (Å²) in [6, 6.07) is 6.32. The van der Waals surface area contributed by atoms with Crippen LogP contribution in [-0.4, -0.2) is 34.9 Å². The minimum Gasteiger partial charge on any atom is -0.384 e. The highest BCUT2D eigenvalue weighted by atomic mass is 32.2. The number of sulfonamides is 1. The summed E-state index contributed by atoms with van der Waals surface area (Å²) in [5.41, 5.74) is 0.411. The molecule has 106 valence electrons. The maximum atomic E-state index is 11.4. The molecule has 0 aromatic heterocycles. The Balaban J connectivity index is 2.09. The van der Waals surface area contributed by atoms with Gasteiger partial charge in [-0.2, -0.15) is 0 Å². The Morgan fingerprint density at radius 1 is 1.32 bits per heavy atom. The zero-order valence-electron chi connectivity index (χ0n) is 10.2. The van der Waals surface area contributed by atoms with Gasteiger partial charge in [0.2, 0.25) is 10.0 Å². The zero-order chi connectivity index (χ0) is 14.1. The molecular formula is C11H16N2O4S2. The van der Waals surface area contributed by atoms with Crippen LogP contribution in [0.1, 0.15) is 6.42 Å². The summed E-state index contributed by atoms with van der Waals surface area (Å²) in [5.74, 6) is 0.367. The fourth-order valence-corrected chi connectivity index (χ4v) is 4.72. The highest BCUT2D eigenvalue weighted by Crippen LogP contribution is 2.22. The normalized spacial score (nSPS) is 22.3. The molecule has 1 aromatic rings. The molecule has 0 radical (unpaired) electrons. The van der Waals surface area contributed by atoms with E-state index in [0.29, 0.717) is 18.7 Å². The molecule has 3 N–H and O–H groups in total. The Hall–Kier alpha value is -1.12. The molecule has 1 atom stereocenters. The average Bonchev–Trinajstić information content (AvgIpc) is 2.66. The van der Waals surface area contributed by atoms with E-state index in [2.05, 4.69) is 5.32 Å². The molecule has 2 rings (SSSR count). The number of nitrogens with one attached hydrogen (secondary N) is 1. The first-order chi connectivity index (χ1) is 8.78. The van der Waals surface area contributed by atoms with Crippen molar-refractivity contribution < 1.29 is 16.8 Å². The predicted octanol–water partition coefficient (Wildman–Crippen LogP) is 0.181. The summed E-state index contributed by atoms with van der Waals surface area (Å²) >= 11 is 0. The van der Waals surface area contributed by atoms with E-state index < -0.39 is 19.9 Å². The van der Waals surface area contributed by atoms with Crippen LogP contribution in [0, 0.1) is 5.92 Å². The quantitative estimate of drug-likeness (QED) is 0.825. The molecule has 1 heterocycles. The monoisotopic (exact) mass is 304 g/mol. The van der Waals surface area contributed by atoms with Gasteiger partial charge in [0, 0.05) is 6.54 Å². The van der Waals surface area contributed by atoms with E-state index in [0.717, 1.165) is 0 Å². The Labute approximate surface area is 113 Å². The highest BCUT2D eigenvalue weighted by molar-refractivity contribution is 7.91. The first-order valence-corrected chi connectivity index (χ1v) is 9.21. The Morgan fingerprint density at radius 2 is 2.00 bits per heavy atom. The Morgan fingerprint density at radius 3 is 2.58 bits per heavy atom. The lowest BCUT2D eigenvalue weighted by atomic mass is 10.1. The molecule has 6 nitrogen and oxygen atoms in total. The minimum atomic E-state index is -3.78. The maximum Gasteiger partial charge on any atom is 0.240 e. The molecule has 1 fully saturated rings. The first kappa shape index (κ1) is 14.3. The van der Waals surface area contributed by atoms with E-state index >= 15 is 0 Å². The number of hydrogen-bond donors (Lipinski definition) is 2. The van der Waals surface area contributed by atoms with Crippen molar-refractivity contribution in [3.05, 3.63) is 24.3 Å². The number of rotatable bonds is 4. The van der Waals surface area contributed by atoms with Crippen LogP contribution in [-0.2, 0) is 19.9 Å². The number of nitrogens with two attached hydrogens (primary N) is 1. The number of hydrogen-bond acceptors (Lipinski definition) is 5. The number of benzene rings is 1. The van der Waals surface area contributed by atoms with Crippen molar-refractivity contribution in [2.24, 2.45) is 11.1 Å². The summed E-state index contributed by atoms with van der Waals surface area (Å²) in [5, 5.41) is 8.10. The van der Waals surface area contributed by atoms with Crippen LogP contribution >= 0.6 is 0 Å². The molecule has 1 unspecified atom stereocenters. The van der Waals surface area contributed by atoms with Crippen molar-refractivity contribution in [1.29, 1.82) is 0 Å². The van der Waals surface area contributed by atoms with Gasteiger partial charge >= 0.3 is 0 Å². The predicted molar refractivity (Wildman–Crippen MR) is 73.1 cm³/mol. The van der Waals surface area contributed by atoms with Gasteiger partial charge in [0.25, 0.3) is 0 Å². The van der Waals surface area contributed by atoms with E-state index in [9.17, 15) is 16.8 Å². The fraction of sp³-hybridized carbons (Fsp3) is 0.455. The van der Waals surface area contributed by atoms with Gasteiger partial charge in [-0.05, 0) is 24.5 Å². The Bertz CT molecular complexity index is 668. The summed E-state index contributed by atoms with van der Waals surface area (Å²) in [7, 11) is -6.70. The molecule has 1 aromatic carbocycles. The summed E-state index contributed by atoms with van der Waals surface area (Å²) in [6.07, 6.45) is 0.604. The van der Waals surface area contributed by atoms with Gasteiger partial charge in [-0.15, -0.1) is 0 Å². The maximum absolute atomic E-state index is 11.4. The lowest BCUT2D eigenvalue weighted by molar-refractivity contribution is 0.592. The third-order valence-electron chi connectivity index (χ3n) is 3.10. The van der Waals surface area contributed by atoms with Crippen LogP contribution in [0.15, 0.2) is 29.2 Å². The summed E-state index contributed by atoms with van der Waals surface area (Å²) in [4.78, 5) is 0.0239. The van der Waals surface area contributed by atoms with Crippen LogP contribution in [0.5, 0.6) is 0 Å². The molecule has 19 heavy (non-hydrogen) atoms. The van der Waals surface area contributed by atoms with E-state index in [-0.39, 0.29) is 22.3 Å². The van der Waals surface area contributed by atoms with E-state index in [1.165, 1.54) is 6.07 Å². The zero-order valence-corrected chi connectivity index (χ0v) is 11.9. The molecule has 0 spiro atoms. The van der Waals surface area contributed by atoms with Crippen molar-refractivity contribution in [3.63, 3.8) is 0 Å². The molecule has 8 heteroatoms. The molecule has 0 saturated carbocycles. The standard InChI is InChI=1S/C11H16N2O4S2/c12-19(16,17)11-4-2-1-3-10(11)13-7-9-5-6-18(14,15)8-9/h1-4,9,13H,5-8H2,(H2,12,16,17). The van der Waals surface area contributed by atoms with Gasteiger partial charge in [0.15, 0.2) is 9.84 Å². The second-order valence-corrected chi connectivity index (χ2v) is 8.45. The van der Waals surface area contributed by atoms with Crippen molar-refractivity contribution >= 4 is 25.5 Å². The minimum absolute atomic E-state index is 0.0125. The second kappa shape index (κ2) is 5.10. The van der Waals surface area contributed by atoms with Gasteiger partial charge in [0.05, 0.1) is 17.2 Å². The van der Waals surface area contributed by atoms with Crippen LogP contribution in [0.3, 0.4) is 0 Å². The summed E-state index contributed by atoms with van der Waals surface area (Å²) in [6.45, 7) is 0.422. The molecule has 0 amide bonds. The van der Waals surface area contributed by atoms with Crippen LogP contribution in [0.25, 0.3) is 0 Å². The first-order valence-electron chi connectivity index (χ1n) is 5.84. The van der Waals surface area contributed by atoms with Crippen molar-refractivity contribution in [3.8, 4) is 0 Å². The smallest absolute Gasteiger partial charge is 0.240 e. The van der Waals surface area contributed by atoms with Crippen molar-refractivity contribution in [2.75, 3.05) is 23.4 Å². The lowest BCUT2D eigenvalue weighted by Gasteiger charge is -2.13. The third-order valence-corrected chi connectivity index (χ3v) is 5.91. The average molecular weight is 304 g/mol. The second-order valence-electron chi connectivity index (χ2n) is 4.69. The van der Waals surface area contributed by atoms with Gasteiger partial charge in [-0.1, -0.05) is 12.1 Å². The van der Waals surface area contributed by atoms with Crippen molar-refractivity contribution in [2.45, 2.75) is 11.3 Å². The van der Waals surface area contributed by atoms with Crippen LogP contribution in [0.2, 0.25) is 0 Å². The number of para-hydroxylation sites is 1. The molecule has 1 aliphatic rings. The molecule has 0 bridgehead atoms. The highest BCUT2D eigenvalue weighted by Gasteiger charge is 2.27. The number of primary sulfonamides is 1. The molecule has 1 aliphatic heterocycles. The Kier molecular flexibility index (Phi) is 3.84. The third kappa shape index (κ3) is 3.68. The largest absolute Gasteiger partial charge is 0.384 e. The van der Waals surface area contributed by atoms with Crippen LogP contribution < -0.4 is 10.5 Å². The SMILES string of the molecule is NS(=O)(=O)c1ccccc1NCC1CCS(=O)(=O)C1. The van der Waals surface area contributed by atoms with Crippen molar-refractivity contribution in [1.82, 2.24) is 0 Å². The topological polar surface area (TPSA) is 106 Å². The fourth-order valence-electron chi connectivity index (χ4n) is 2.15.